The first kappa shape index (κ1) is 17.9. The van der Waals surface area contributed by atoms with E-state index in [2.05, 4.69) is 0 Å². The SMILES string of the molecule is COc1ccc(CCC(=O)N(Cc2ccccc2)C(C)C)cc1N. The second kappa shape index (κ2) is 8.39. The van der Waals surface area contributed by atoms with Gasteiger partial charge < -0.3 is 15.4 Å². The van der Waals surface area contributed by atoms with E-state index in [1.807, 2.05) is 67.3 Å². The molecule has 24 heavy (non-hydrogen) atoms. The molecule has 0 fully saturated rings. The number of rotatable bonds is 7. The highest BCUT2D eigenvalue weighted by atomic mass is 16.5. The van der Waals surface area contributed by atoms with E-state index < -0.39 is 0 Å². The maximum absolute atomic E-state index is 12.6. The number of amides is 1. The highest BCUT2D eigenvalue weighted by molar-refractivity contribution is 5.76. The van der Waals surface area contributed by atoms with Crippen molar-refractivity contribution in [2.45, 2.75) is 39.3 Å². The molecule has 0 heterocycles. The van der Waals surface area contributed by atoms with Crippen LogP contribution in [0.5, 0.6) is 5.75 Å². The number of nitrogens with two attached hydrogens (primary N) is 1. The Kier molecular flexibility index (Phi) is 6.24. The van der Waals surface area contributed by atoms with E-state index >= 15 is 0 Å². The van der Waals surface area contributed by atoms with Gasteiger partial charge in [-0.15, -0.1) is 0 Å². The third kappa shape index (κ3) is 4.75. The number of aryl methyl sites for hydroxylation is 1. The molecule has 4 nitrogen and oxygen atoms in total. The van der Waals surface area contributed by atoms with Crippen LogP contribution in [0.15, 0.2) is 48.5 Å². The minimum Gasteiger partial charge on any atom is -0.495 e. The van der Waals surface area contributed by atoms with Crippen LogP contribution in [0.4, 0.5) is 5.69 Å². The summed E-state index contributed by atoms with van der Waals surface area (Å²) < 4.78 is 5.16. The maximum atomic E-state index is 12.6. The molecule has 128 valence electrons. The van der Waals surface area contributed by atoms with Crippen molar-refractivity contribution in [3.63, 3.8) is 0 Å². The van der Waals surface area contributed by atoms with Crippen molar-refractivity contribution in [3.05, 3.63) is 59.7 Å². The summed E-state index contributed by atoms with van der Waals surface area (Å²) in [4.78, 5) is 14.6. The minimum absolute atomic E-state index is 0.156. The topological polar surface area (TPSA) is 55.6 Å². The summed E-state index contributed by atoms with van der Waals surface area (Å²) in [5.74, 6) is 0.821. The van der Waals surface area contributed by atoms with Crippen LogP contribution in [0, 0.1) is 0 Å². The lowest BCUT2D eigenvalue weighted by Gasteiger charge is -2.27. The monoisotopic (exact) mass is 326 g/mol. The van der Waals surface area contributed by atoms with Crippen molar-refractivity contribution < 1.29 is 9.53 Å². The van der Waals surface area contributed by atoms with Crippen LogP contribution in [0.2, 0.25) is 0 Å². The Bertz CT molecular complexity index is 669. The zero-order chi connectivity index (χ0) is 17.5. The summed E-state index contributed by atoms with van der Waals surface area (Å²) in [6.45, 7) is 4.74. The number of carbonyl (C=O) groups is 1. The van der Waals surface area contributed by atoms with E-state index in [9.17, 15) is 4.79 Å². The van der Waals surface area contributed by atoms with Gasteiger partial charge in [0.05, 0.1) is 12.8 Å². The minimum atomic E-state index is 0.156. The van der Waals surface area contributed by atoms with Crippen LogP contribution in [0.3, 0.4) is 0 Å². The Labute approximate surface area is 144 Å². The second-order valence-electron chi connectivity index (χ2n) is 6.18. The molecule has 1 amide bonds. The first-order valence-corrected chi connectivity index (χ1v) is 8.27. The molecular formula is C20H26N2O2. The van der Waals surface area contributed by atoms with Gasteiger partial charge in [0.25, 0.3) is 0 Å². The van der Waals surface area contributed by atoms with Gasteiger partial charge in [-0.2, -0.15) is 0 Å². The number of nitrogens with zero attached hydrogens (tertiary/aromatic N) is 1. The molecule has 2 aromatic rings. The summed E-state index contributed by atoms with van der Waals surface area (Å²) in [6, 6.07) is 15.9. The molecule has 4 heteroatoms. The third-order valence-electron chi connectivity index (χ3n) is 4.06. The Hall–Kier alpha value is -2.49. The van der Waals surface area contributed by atoms with Crippen LogP contribution in [-0.4, -0.2) is 24.0 Å². The fraction of sp³-hybridized carbons (Fsp3) is 0.350. The molecule has 2 N–H and O–H groups in total. The van der Waals surface area contributed by atoms with Crippen molar-refractivity contribution in [3.8, 4) is 5.75 Å². The van der Waals surface area contributed by atoms with Gasteiger partial charge in [-0.25, -0.2) is 0 Å². The molecule has 2 aromatic carbocycles. The van der Waals surface area contributed by atoms with E-state index in [1.165, 1.54) is 0 Å². The Morgan fingerprint density at radius 1 is 1.12 bits per heavy atom. The van der Waals surface area contributed by atoms with Gasteiger partial charge in [-0.1, -0.05) is 36.4 Å². The summed E-state index contributed by atoms with van der Waals surface area (Å²) in [6.07, 6.45) is 1.14. The fourth-order valence-corrected chi connectivity index (χ4v) is 2.67. The van der Waals surface area contributed by atoms with Crippen molar-refractivity contribution >= 4 is 11.6 Å². The van der Waals surface area contributed by atoms with Crippen LogP contribution in [0.25, 0.3) is 0 Å². The van der Waals surface area contributed by atoms with Crippen LogP contribution < -0.4 is 10.5 Å². The normalized spacial score (nSPS) is 10.7. The van der Waals surface area contributed by atoms with E-state index in [0.29, 0.717) is 30.8 Å². The number of nitrogen functional groups attached to an aromatic ring is 1. The van der Waals surface area contributed by atoms with Gasteiger partial charge in [0.2, 0.25) is 5.91 Å². The van der Waals surface area contributed by atoms with E-state index in [4.69, 9.17) is 10.5 Å². The fourth-order valence-electron chi connectivity index (χ4n) is 2.67. The summed E-state index contributed by atoms with van der Waals surface area (Å²) in [5.41, 5.74) is 8.73. The third-order valence-corrected chi connectivity index (χ3v) is 4.06. The van der Waals surface area contributed by atoms with Gasteiger partial charge in [-0.3, -0.25) is 4.79 Å². The standard InChI is InChI=1S/C20H26N2O2/c1-15(2)22(14-17-7-5-4-6-8-17)20(23)12-10-16-9-11-19(24-3)18(21)13-16/h4-9,11,13,15H,10,12,14,21H2,1-3H3. The number of anilines is 1. The van der Waals surface area contributed by atoms with Gasteiger partial charge >= 0.3 is 0 Å². The summed E-state index contributed by atoms with van der Waals surface area (Å²) >= 11 is 0. The van der Waals surface area contributed by atoms with Crippen LogP contribution in [0.1, 0.15) is 31.4 Å². The molecule has 0 saturated heterocycles. The zero-order valence-corrected chi connectivity index (χ0v) is 14.7. The highest BCUT2D eigenvalue weighted by Gasteiger charge is 2.17. The molecule has 0 aliphatic heterocycles. The van der Waals surface area contributed by atoms with Gasteiger partial charge in [0, 0.05) is 19.0 Å². The first-order valence-electron chi connectivity index (χ1n) is 8.27. The van der Waals surface area contributed by atoms with Gasteiger partial charge in [0.1, 0.15) is 5.75 Å². The first-order chi connectivity index (χ1) is 11.5. The molecule has 0 radical (unpaired) electrons. The molecule has 2 rings (SSSR count). The zero-order valence-electron chi connectivity index (χ0n) is 14.7. The van der Waals surface area contributed by atoms with E-state index in [0.717, 1.165) is 11.1 Å². The van der Waals surface area contributed by atoms with E-state index in [-0.39, 0.29) is 11.9 Å². The second-order valence-corrected chi connectivity index (χ2v) is 6.18. The maximum Gasteiger partial charge on any atom is 0.223 e. The molecule has 0 atom stereocenters. The summed E-state index contributed by atoms with van der Waals surface area (Å²) in [5, 5.41) is 0. The molecule has 0 unspecified atom stereocenters. The van der Waals surface area contributed by atoms with Crippen molar-refractivity contribution in [2.24, 2.45) is 0 Å². The highest BCUT2D eigenvalue weighted by Crippen LogP contribution is 2.23. The quantitative estimate of drug-likeness (QED) is 0.790. The number of benzene rings is 2. The Morgan fingerprint density at radius 2 is 1.83 bits per heavy atom. The average Bonchev–Trinajstić information content (AvgIpc) is 2.58. The average molecular weight is 326 g/mol. The van der Waals surface area contributed by atoms with Crippen LogP contribution in [-0.2, 0) is 17.8 Å². The van der Waals surface area contributed by atoms with Crippen molar-refractivity contribution in [2.75, 3.05) is 12.8 Å². The van der Waals surface area contributed by atoms with Gasteiger partial charge in [-0.05, 0) is 43.5 Å². The predicted molar refractivity (Wildman–Crippen MR) is 97.9 cm³/mol. The Morgan fingerprint density at radius 3 is 2.42 bits per heavy atom. The van der Waals surface area contributed by atoms with Gasteiger partial charge in [0.15, 0.2) is 0 Å². The number of carbonyl (C=O) groups excluding carboxylic acids is 1. The smallest absolute Gasteiger partial charge is 0.223 e. The summed E-state index contributed by atoms with van der Waals surface area (Å²) in [7, 11) is 1.60. The molecule has 0 aliphatic carbocycles. The van der Waals surface area contributed by atoms with Crippen LogP contribution >= 0.6 is 0 Å². The lowest BCUT2D eigenvalue weighted by atomic mass is 10.1. The lowest BCUT2D eigenvalue weighted by molar-refractivity contribution is -0.133. The Balaban J connectivity index is 1.99. The number of hydrogen-bond acceptors (Lipinski definition) is 3. The molecule has 0 spiro atoms. The number of hydrogen-bond donors (Lipinski definition) is 1. The van der Waals surface area contributed by atoms with Crippen molar-refractivity contribution in [1.29, 1.82) is 0 Å². The molecular weight excluding hydrogens is 300 g/mol. The molecule has 0 saturated carbocycles. The molecule has 0 aromatic heterocycles. The van der Waals surface area contributed by atoms with E-state index in [1.54, 1.807) is 7.11 Å². The lowest BCUT2D eigenvalue weighted by Crippen LogP contribution is -2.36. The number of ether oxygens (including phenoxy) is 1. The molecule has 0 aliphatic rings. The number of methoxy groups -OCH3 is 1. The predicted octanol–water partition coefficient (Wildman–Crippen LogP) is 3.65. The largest absolute Gasteiger partial charge is 0.495 e. The van der Waals surface area contributed by atoms with Crippen molar-refractivity contribution in [1.82, 2.24) is 4.90 Å². The molecule has 0 bridgehead atoms.